The molecule has 0 amide bonds. The second kappa shape index (κ2) is 17.8. The highest BCUT2D eigenvalue weighted by Gasteiger charge is 2.45. The highest BCUT2D eigenvalue weighted by atomic mass is 15.2. The van der Waals surface area contributed by atoms with Crippen LogP contribution >= 0.6 is 0 Å². The predicted molar refractivity (Wildman–Crippen MR) is 372 cm³/mol. The van der Waals surface area contributed by atoms with Crippen LogP contribution in [0.4, 0.5) is 34.1 Å². The molecule has 3 heteroatoms. The van der Waals surface area contributed by atoms with Crippen LogP contribution in [0.1, 0.15) is 105 Å². The minimum absolute atomic E-state index is 0.113. The van der Waals surface area contributed by atoms with Gasteiger partial charge in [-0.1, -0.05) is 235 Å². The fourth-order valence-electron chi connectivity index (χ4n) is 14.8. The van der Waals surface area contributed by atoms with Crippen molar-refractivity contribution in [2.45, 2.75) is 105 Å². The zero-order chi connectivity index (χ0) is 58.4. The Balaban J connectivity index is 1.11. The first kappa shape index (κ1) is 51.7. The molecule has 0 bridgehead atoms. The summed E-state index contributed by atoms with van der Waals surface area (Å²) >= 11 is 0. The molecular weight excluding hydrogens is 1020 g/mol. The van der Waals surface area contributed by atoms with Gasteiger partial charge in [-0.15, -0.1) is 0 Å². The molecule has 85 heavy (non-hydrogen) atoms. The lowest BCUT2D eigenvalue weighted by Gasteiger charge is -2.45. The third-order valence-electron chi connectivity index (χ3n) is 19.4. The van der Waals surface area contributed by atoms with Crippen molar-refractivity contribution in [1.29, 1.82) is 0 Å². The Morgan fingerprint density at radius 3 is 1.07 bits per heavy atom. The fraction of sp³-hybridized carbons (Fsp3) is 0.195. The van der Waals surface area contributed by atoms with Crippen LogP contribution in [-0.2, 0) is 21.7 Å². The first-order valence-corrected chi connectivity index (χ1v) is 30.7. The molecule has 2 aliphatic rings. The maximum atomic E-state index is 2.70. The van der Waals surface area contributed by atoms with Crippen LogP contribution < -0.4 is 26.2 Å². The quantitative estimate of drug-likeness (QED) is 0.0988. The van der Waals surface area contributed by atoms with Gasteiger partial charge in [-0.05, 0) is 218 Å². The van der Waals surface area contributed by atoms with Gasteiger partial charge in [-0.2, -0.15) is 0 Å². The van der Waals surface area contributed by atoms with Gasteiger partial charge < -0.3 is 9.80 Å². The molecule has 16 rings (SSSR count). The summed E-state index contributed by atoms with van der Waals surface area (Å²) in [6.45, 7) is 28.4. The van der Waals surface area contributed by atoms with Gasteiger partial charge in [0.2, 0.25) is 0 Å². The molecule has 0 fully saturated rings. The minimum atomic E-state index is -0.116. The summed E-state index contributed by atoms with van der Waals surface area (Å²) in [5.74, 6) is 0. The molecule has 14 aromatic carbocycles. The average Bonchev–Trinajstić information content (AvgIpc) is 0.719. The van der Waals surface area contributed by atoms with Crippen LogP contribution in [0.15, 0.2) is 212 Å². The molecule has 0 radical (unpaired) electrons. The van der Waals surface area contributed by atoms with Crippen LogP contribution in [0.2, 0.25) is 0 Å². The molecule has 0 saturated carbocycles. The number of rotatable bonds is 3. The monoisotopic (exact) mass is 1090 g/mol. The van der Waals surface area contributed by atoms with E-state index in [-0.39, 0.29) is 28.4 Å². The van der Waals surface area contributed by atoms with Gasteiger partial charge in [-0.3, -0.25) is 0 Å². The Morgan fingerprint density at radius 1 is 0.259 bits per heavy atom. The Labute approximate surface area is 500 Å². The highest BCUT2D eigenvalue weighted by Crippen LogP contribution is 2.51. The van der Waals surface area contributed by atoms with Crippen LogP contribution in [-0.4, -0.2) is 6.71 Å². The molecule has 0 spiro atoms. The van der Waals surface area contributed by atoms with Crippen molar-refractivity contribution in [3.05, 3.63) is 235 Å². The second-order valence-electron chi connectivity index (χ2n) is 29.0. The predicted octanol–water partition coefficient (Wildman–Crippen LogP) is 21.3. The summed E-state index contributed by atoms with van der Waals surface area (Å²) in [5, 5.41) is 20.4. The molecule has 412 valence electrons. The summed E-state index contributed by atoms with van der Waals surface area (Å²) in [6.07, 6.45) is 0. The van der Waals surface area contributed by atoms with E-state index in [0.717, 1.165) is 0 Å². The molecule has 2 heterocycles. The molecule has 0 N–H and O–H groups in total. The molecule has 14 aromatic rings. The zero-order valence-electron chi connectivity index (χ0n) is 51.2. The molecule has 2 aliphatic heterocycles. The van der Waals surface area contributed by atoms with Crippen molar-refractivity contribution in [1.82, 2.24) is 0 Å². The summed E-state index contributed by atoms with van der Waals surface area (Å²) in [5.41, 5.74) is 18.4. The number of anilines is 6. The van der Waals surface area contributed by atoms with Gasteiger partial charge in [-0.25, -0.2) is 0 Å². The number of benzene rings is 14. The summed E-state index contributed by atoms with van der Waals surface area (Å²) in [7, 11) is 0. The fourth-order valence-corrected chi connectivity index (χ4v) is 14.8. The molecule has 0 saturated heterocycles. The Kier molecular flexibility index (Phi) is 10.8. The van der Waals surface area contributed by atoms with Crippen LogP contribution in [0, 0.1) is 0 Å². The molecule has 2 nitrogen and oxygen atoms in total. The van der Waals surface area contributed by atoms with Gasteiger partial charge in [0.25, 0.3) is 6.71 Å². The molecule has 0 unspecified atom stereocenters. The normalized spacial score (nSPS) is 13.8. The number of hydrogen-bond donors (Lipinski definition) is 0. The lowest BCUT2D eigenvalue weighted by molar-refractivity contribution is 0.568. The smallest absolute Gasteiger partial charge is 0.252 e. The van der Waals surface area contributed by atoms with Crippen molar-refractivity contribution < 1.29 is 0 Å². The SMILES string of the molecule is CC(C)(C)c1cc(N2c3cc4c(ccc5ccccc54)cc3B3c4cc5ccc6ccccc6c5cc4N(c4cc(C(C)(C)C)cc(C(C)(C)C)c4)c4cc(-c5cc6cccc7c8cccc9cccc(c(c5)c67)c98)cc2c43)cc(C(C)(C)C)c1. The maximum Gasteiger partial charge on any atom is 0.252 e. The third-order valence-corrected chi connectivity index (χ3v) is 19.4. The van der Waals surface area contributed by atoms with Crippen molar-refractivity contribution in [3.8, 4) is 11.1 Å². The van der Waals surface area contributed by atoms with Crippen LogP contribution in [0.3, 0.4) is 0 Å². The topological polar surface area (TPSA) is 6.48 Å². The zero-order valence-corrected chi connectivity index (χ0v) is 51.2. The van der Waals surface area contributed by atoms with Gasteiger partial charge in [0.05, 0.1) is 0 Å². The van der Waals surface area contributed by atoms with Crippen molar-refractivity contribution in [2.75, 3.05) is 9.80 Å². The van der Waals surface area contributed by atoms with Gasteiger partial charge in [0.15, 0.2) is 0 Å². The first-order valence-electron chi connectivity index (χ1n) is 30.7. The second-order valence-corrected chi connectivity index (χ2v) is 29.0. The Morgan fingerprint density at radius 2 is 0.624 bits per heavy atom. The standard InChI is InChI=1S/C82H71BN2/c1-79(2,3)56-40-57(80(4,5)6)43-60(42-56)84-72-46-67-51(32-30-48-20-13-15-25-62(48)67)36-70(72)83-71-37-52-33-31-49-21-14-16-26-63(49)68(52)47-73(71)85(61-44-58(81(7,8)9)41-59(45-61)82(10,11)12)75-39-55(38-74(84)78(75)83)54-34-53-24-19-28-65-64-27-17-22-50-23-18-29-66(76(50)64)69(35-54)77(53)65/h13-47H,1-12H3. The molecule has 0 aliphatic carbocycles. The molecular formula is C82H71BN2. The number of fused-ring (bicyclic) bond motifs is 12. The molecule has 0 atom stereocenters. The van der Waals surface area contributed by atoms with Gasteiger partial charge in [0.1, 0.15) is 0 Å². The largest absolute Gasteiger partial charge is 0.311 e. The third kappa shape index (κ3) is 7.92. The van der Waals surface area contributed by atoms with Gasteiger partial charge >= 0.3 is 0 Å². The van der Waals surface area contributed by atoms with E-state index in [9.17, 15) is 0 Å². The average molecular weight is 1100 g/mol. The lowest BCUT2D eigenvalue weighted by Crippen LogP contribution is -2.61. The summed E-state index contributed by atoms with van der Waals surface area (Å²) in [4.78, 5) is 5.40. The van der Waals surface area contributed by atoms with E-state index in [1.807, 2.05) is 0 Å². The van der Waals surface area contributed by atoms with E-state index in [1.54, 1.807) is 0 Å². The summed E-state index contributed by atoms with van der Waals surface area (Å²) in [6, 6.07) is 83.4. The van der Waals surface area contributed by atoms with Gasteiger partial charge in [0, 0.05) is 34.1 Å². The minimum Gasteiger partial charge on any atom is -0.311 e. The van der Waals surface area contributed by atoms with Crippen molar-refractivity contribution >= 4 is 143 Å². The van der Waals surface area contributed by atoms with E-state index in [1.165, 1.54) is 170 Å². The maximum absolute atomic E-state index is 2.70. The molecule has 0 aromatic heterocycles. The lowest BCUT2D eigenvalue weighted by atomic mass is 9.33. The van der Waals surface area contributed by atoms with Crippen molar-refractivity contribution in [3.63, 3.8) is 0 Å². The van der Waals surface area contributed by atoms with Crippen molar-refractivity contribution in [2.24, 2.45) is 0 Å². The number of nitrogens with zero attached hydrogens (tertiary/aromatic N) is 2. The first-order chi connectivity index (χ1) is 40.6. The van der Waals surface area contributed by atoms with E-state index < -0.39 is 0 Å². The van der Waals surface area contributed by atoms with E-state index in [4.69, 9.17) is 0 Å². The highest BCUT2D eigenvalue weighted by molar-refractivity contribution is 7.00. The van der Waals surface area contributed by atoms with E-state index >= 15 is 0 Å². The Bertz CT molecular complexity index is 4890. The van der Waals surface area contributed by atoms with Crippen LogP contribution in [0.5, 0.6) is 0 Å². The van der Waals surface area contributed by atoms with Crippen LogP contribution in [0.25, 0.3) is 97.3 Å². The summed E-state index contributed by atoms with van der Waals surface area (Å²) < 4.78 is 0. The van der Waals surface area contributed by atoms with E-state index in [2.05, 4.69) is 305 Å². The Hall–Kier alpha value is -8.92. The number of hydrogen-bond acceptors (Lipinski definition) is 2. The van der Waals surface area contributed by atoms with E-state index in [0.29, 0.717) is 0 Å².